The van der Waals surface area contributed by atoms with Gasteiger partial charge in [0.05, 0.1) is 7.11 Å². The van der Waals surface area contributed by atoms with Crippen molar-refractivity contribution in [1.29, 1.82) is 0 Å². The van der Waals surface area contributed by atoms with Crippen LogP contribution in [0.3, 0.4) is 0 Å². The molecule has 0 saturated carbocycles. The first-order valence-electron chi connectivity index (χ1n) is 11.7. The van der Waals surface area contributed by atoms with Crippen LogP contribution in [-0.2, 0) is 13.1 Å². The van der Waals surface area contributed by atoms with Crippen LogP contribution in [0.15, 0.2) is 36.4 Å². The zero-order valence-corrected chi connectivity index (χ0v) is 20.7. The van der Waals surface area contributed by atoms with Gasteiger partial charge < -0.3 is 14.9 Å². The van der Waals surface area contributed by atoms with E-state index in [4.69, 9.17) is 4.74 Å². The molecule has 5 heteroatoms. The Morgan fingerprint density at radius 2 is 1.76 bits per heavy atom. The number of hydrogen-bond donors (Lipinski definition) is 2. The van der Waals surface area contributed by atoms with E-state index in [-0.39, 0.29) is 6.61 Å². The number of hydrogen-bond acceptors (Lipinski definition) is 5. The van der Waals surface area contributed by atoms with Crippen molar-refractivity contribution in [2.75, 3.05) is 33.4 Å². The van der Waals surface area contributed by atoms with Crippen LogP contribution < -0.4 is 4.74 Å². The molecule has 0 aliphatic carbocycles. The zero-order chi connectivity index (χ0) is 24.0. The second-order valence-corrected chi connectivity index (χ2v) is 9.55. The lowest BCUT2D eigenvalue weighted by Gasteiger charge is -2.41. The number of piperazine rings is 1. The number of aliphatic hydroxyl groups excluding tert-OH is 1. The smallest absolute Gasteiger partial charge is 0.122 e. The summed E-state index contributed by atoms with van der Waals surface area (Å²) in [6, 6.07) is 12.8. The van der Waals surface area contributed by atoms with Gasteiger partial charge >= 0.3 is 0 Å². The maximum atomic E-state index is 9.78. The fraction of sp³-hybridized carbons (Fsp3) is 0.500. The minimum absolute atomic E-state index is 0.199. The molecule has 0 radical (unpaired) electrons. The van der Waals surface area contributed by atoms with Gasteiger partial charge in [-0.2, -0.15) is 0 Å². The predicted molar refractivity (Wildman–Crippen MR) is 133 cm³/mol. The van der Waals surface area contributed by atoms with E-state index in [0.717, 1.165) is 50.5 Å². The Hall–Kier alpha value is -2.36. The van der Waals surface area contributed by atoms with Crippen LogP contribution in [0, 0.1) is 25.7 Å². The summed E-state index contributed by atoms with van der Waals surface area (Å²) >= 11 is 0. The lowest BCUT2D eigenvalue weighted by Crippen LogP contribution is -2.52. The standard InChI is InChI=1S/C28H38N2O3/c1-21-22(2)27(33-5)11-10-25(21)19-30-16-15-29(20-26(30)13-17-31)18-24-8-6-23(7-9-24)12-14-28(3,4)32/h6-11,26,31-32H,13,15-20H2,1-5H3/t26-/m1/s1. The van der Waals surface area contributed by atoms with Gasteiger partial charge in [0.25, 0.3) is 0 Å². The Morgan fingerprint density at radius 3 is 2.39 bits per heavy atom. The molecule has 2 N–H and O–H groups in total. The second-order valence-electron chi connectivity index (χ2n) is 9.55. The molecule has 0 bridgehead atoms. The Bertz CT molecular complexity index is 983. The Labute approximate surface area is 199 Å². The van der Waals surface area contributed by atoms with Crippen molar-refractivity contribution in [1.82, 2.24) is 9.80 Å². The molecule has 0 spiro atoms. The fourth-order valence-electron chi connectivity index (χ4n) is 4.37. The number of ether oxygens (including phenoxy) is 1. The molecule has 178 valence electrons. The zero-order valence-electron chi connectivity index (χ0n) is 20.7. The van der Waals surface area contributed by atoms with Crippen molar-refractivity contribution in [2.45, 2.75) is 58.8 Å². The maximum Gasteiger partial charge on any atom is 0.122 e. The molecule has 1 aliphatic heterocycles. The number of aliphatic hydroxyl groups is 2. The van der Waals surface area contributed by atoms with Crippen LogP contribution in [0.2, 0.25) is 0 Å². The molecule has 0 aromatic heterocycles. The highest BCUT2D eigenvalue weighted by atomic mass is 16.5. The van der Waals surface area contributed by atoms with Gasteiger partial charge in [0, 0.05) is 50.9 Å². The molecule has 1 atom stereocenters. The van der Waals surface area contributed by atoms with Gasteiger partial charge in [0.15, 0.2) is 0 Å². The van der Waals surface area contributed by atoms with Gasteiger partial charge in [-0.15, -0.1) is 0 Å². The molecule has 2 aromatic rings. The molecule has 1 heterocycles. The molecule has 3 rings (SSSR count). The second kappa shape index (κ2) is 11.2. The summed E-state index contributed by atoms with van der Waals surface area (Å²) in [5.74, 6) is 6.82. The third-order valence-electron chi connectivity index (χ3n) is 6.47. The normalized spacial score (nSPS) is 17.5. The molecule has 5 nitrogen and oxygen atoms in total. The highest BCUT2D eigenvalue weighted by Crippen LogP contribution is 2.26. The van der Waals surface area contributed by atoms with E-state index in [1.165, 1.54) is 22.3 Å². The van der Waals surface area contributed by atoms with Gasteiger partial charge in [-0.25, -0.2) is 0 Å². The SMILES string of the molecule is COc1ccc(CN2CCN(Cc3ccc(C#CC(C)(C)O)cc3)C[C@H]2CCO)c(C)c1C. The first-order chi connectivity index (χ1) is 15.7. The molecule has 1 saturated heterocycles. The predicted octanol–water partition coefficient (Wildman–Crippen LogP) is 3.50. The Morgan fingerprint density at radius 1 is 1.03 bits per heavy atom. The van der Waals surface area contributed by atoms with Crippen molar-refractivity contribution in [3.8, 4) is 17.6 Å². The molecule has 1 aliphatic rings. The van der Waals surface area contributed by atoms with Crippen molar-refractivity contribution in [3.05, 3.63) is 64.2 Å². The van der Waals surface area contributed by atoms with E-state index in [1.54, 1.807) is 21.0 Å². The first-order valence-corrected chi connectivity index (χ1v) is 11.7. The minimum atomic E-state index is -0.983. The Balaban J connectivity index is 1.64. The van der Waals surface area contributed by atoms with Gasteiger partial charge in [0.2, 0.25) is 0 Å². The van der Waals surface area contributed by atoms with Gasteiger partial charge in [-0.05, 0) is 74.6 Å². The summed E-state index contributed by atoms with van der Waals surface area (Å²) in [5.41, 5.74) is 4.99. The topological polar surface area (TPSA) is 56.2 Å². The van der Waals surface area contributed by atoms with Gasteiger partial charge in [0.1, 0.15) is 11.4 Å². The third-order valence-corrected chi connectivity index (χ3v) is 6.47. The molecule has 33 heavy (non-hydrogen) atoms. The lowest BCUT2D eigenvalue weighted by atomic mass is 10.00. The highest BCUT2D eigenvalue weighted by Gasteiger charge is 2.27. The summed E-state index contributed by atoms with van der Waals surface area (Å²) in [5, 5.41) is 19.5. The summed E-state index contributed by atoms with van der Waals surface area (Å²) in [6.07, 6.45) is 0.774. The van der Waals surface area contributed by atoms with Crippen LogP contribution in [0.1, 0.15) is 48.1 Å². The third kappa shape index (κ3) is 7.06. The van der Waals surface area contributed by atoms with Crippen molar-refractivity contribution < 1.29 is 14.9 Å². The van der Waals surface area contributed by atoms with Gasteiger partial charge in [-0.1, -0.05) is 30.0 Å². The van der Waals surface area contributed by atoms with Crippen LogP contribution >= 0.6 is 0 Å². The number of methoxy groups -OCH3 is 1. The summed E-state index contributed by atoms with van der Waals surface area (Å²) in [4.78, 5) is 4.98. The summed E-state index contributed by atoms with van der Waals surface area (Å²) in [6.45, 7) is 12.5. The van der Waals surface area contributed by atoms with Crippen LogP contribution in [0.5, 0.6) is 5.75 Å². The van der Waals surface area contributed by atoms with E-state index >= 15 is 0 Å². The molecular formula is C28H38N2O3. The fourth-order valence-corrected chi connectivity index (χ4v) is 4.37. The Kier molecular flexibility index (Phi) is 8.56. The summed E-state index contributed by atoms with van der Waals surface area (Å²) < 4.78 is 5.46. The average molecular weight is 451 g/mol. The molecule has 0 unspecified atom stereocenters. The van der Waals surface area contributed by atoms with Crippen molar-refractivity contribution in [2.24, 2.45) is 0 Å². The molecular weight excluding hydrogens is 412 g/mol. The monoisotopic (exact) mass is 450 g/mol. The molecule has 2 aromatic carbocycles. The lowest BCUT2D eigenvalue weighted by molar-refractivity contribution is 0.0498. The first kappa shape index (κ1) is 25.3. The van der Waals surface area contributed by atoms with E-state index < -0.39 is 5.60 Å². The number of benzene rings is 2. The molecule has 0 amide bonds. The van der Waals surface area contributed by atoms with Crippen molar-refractivity contribution in [3.63, 3.8) is 0 Å². The van der Waals surface area contributed by atoms with Crippen molar-refractivity contribution >= 4 is 0 Å². The van der Waals surface area contributed by atoms with Crippen LogP contribution in [0.4, 0.5) is 0 Å². The van der Waals surface area contributed by atoms with E-state index in [1.807, 2.05) is 12.1 Å². The number of rotatable bonds is 7. The van der Waals surface area contributed by atoms with E-state index in [2.05, 4.69) is 59.8 Å². The minimum Gasteiger partial charge on any atom is -0.496 e. The van der Waals surface area contributed by atoms with Crippen LogP contribution in [-0.4, -0.2) is 65.0 Å². The summed E-state index contributed by atoms with van der Waals surface area (Å²) in [7, 11) is 1.72. The maximum absolute atomic E-state index is 9.78. The number of nitrogens with zero attached hydrogens (tertiary/aromatic N) is 2. The van der Waals surface area contributed by atoms with E-state index in [9.17, 15) is 10.2 Å². The largest absolute Gasteiger partial charge is 0.496 e. The van der Waals surface area contributed by atoms with Gasteiger partial charge in [-0.3, -0.25) is 9.80 Å². The highest BCUT2D eigenvalue weighted by molar-refractivity contribution is 5.43. The average Bonchev–Trinajstić information content (AvgIpc) is 2.78. The van der Waals surface area contributed by atoms with Crippen LogP contribution in [0.25, 0.3) is 0 Å². The van der Waals surface area contributed by atoms with E-state index in [0.29, 0.717) is 6.04 Å². The molecule has 1 fully saturated rings. The quantitative estimate of drug-likeness (QED) is 0.633.